The molecule has 0 aromatic heterocycles. The summed E-state index contributed by atoms with van der Waals surface area (Å²) < 4.78 is 0. The lowest BCUT2D eigenvalue weighted by Gasteiger charge is -2.27. The Morgan fingerprint density at radius 3 is 2.50 bits per heavy atom. The number of nitrogens with zero attached hydrogens (tertiary/aromatic N) is 1. The fraction of sp³-hybridized carbons (Fsp3) is 0.467. The number of hydrogen-bond acceptors (Lipinski definition) is 2. The molecule has 0 aliphatic rings. The van der Waals surface area contributed by atoms with Gasteiger partial charge in [0, 0.05) is 11.7 Å². The second-order valence-electron chi connectivity index (χ2n) is 4.72. The molecule has 2 N–H and O–H groups in total. The molecule has 0 fully saturated rings. The van der Waals surface area contributed by atoms with Gasteiger partial charge in [-0.2, -0.15) is 0 Å². The van der Waals surface area contributed by atoms with Gasteiger partial charge in [-0.15, -0.1) is 0 Å². The highest BCUT2D eigenvalue weighted by molar-refractivity contribution is 5.92. The molecule has 110 valence electrons. The fourth-order valence-electron chi connectivity index (χ4n) is 1.93. The molecule has 5 nitrogen and oxygen atoms in total. The number of anilines is 1. The summed E-state index contributed by atoms with van der Waals surface area (Å²) in [5.41, 5.74) is 1.76. The SMILES string of the molecule is CCc1ccccc1NC(=O)N(CC(=O)O)C(C)CC. The number of nitrogens with one attached hydrogen (secondary N) is 1. The molecule has 1 aromatic carbocycles. The number of hydrogen-bond donors (Lipinski definition) is 2. The summed E-state index contributed by atoms with van der Waals surface area (Å²) in [7, 11) is 0. The molecule has 0 spiro atoms. The first kappa shape index (κ1) is 16.0. The highest BCUT2D eigenvalue weighted by atomic mass is 16.4. The van der Waals surface area contributed by atoms with Gasteiger partial charge in [0.2, 0.25) is 0 Å². The Bertz CT molecular complexity index is 474. The Morgan fingerprint density at radius 2 is 1.95 bits per heavy atom. The van der Waals surface area contributed by atoms with Crippen LogP contribution < -0.4 is 5.32 Å². The van der Waals surface area contributed by atoms with E-state index in [9.17, 15) is 9.59 Å². The van der Waals surface area contributed by atoms with E-state index in [1.165, 1.54) is 4.90 Å². The van der Waals surface area contributed by atoms with Crippen molar-refractivity contribution in [3.8, 4) is 0 Å². The fourth-order valence-corrected chi connectivity index (χ4v) is 1.93. The average molecular weight is 278 g/mol. The van der Waals surface area contributed by atoms with Gasteiger partial charge in [0.05, 0.1) is 0 Å². The van der Waals surface area contributed by atoms with Gasteiger partial charge in [-0.1, -0.05) is 32.0 Å². The summed E-state index contributed by atoms with van der Waals surface area (Å²) in [4.78, 5) is 24.5. The Morgan fingerprint density at radius 1 is 1.30 bits per heavy atom. The minimum atomic E-state index is -1.01. The molecule has 0 aliphatic heterocycles. The third-order valence-electron chi connectivity index (χ3n) is 3.33. The normalized spacial score (nSPS) is 11.8. The van der Waals surface area contributed by atoms with E-state index in [2.05, 4.69) is 5.32 Å². The zero-order valence-electron chi connectivity index (χ0n) is 12.2. The number of para-hydroxylation sites is 1. The maximum atomic E-state index is 12.3. The zero-order valence-corrected chi connectivity index (χ0v) is 12.2. The van der Waals surface area contributed by atoms with E-state index >= 15 is 0 Å². The van der Waals surface area contributed by atoms with E-state index in [0.717, 1.165) is 17.7 Å². The monoisotopic (exact) mass is 278 g/mol. The number of carbonyl (C=O) groups excluding carboxylic acids is 1. The predicted octanol–water partition coefficient (Wildman–Crippen LogP) is 2.97. The molecule has 1 aromatic rings. The van der Waals surface area contributed by atoms with Crippen LogP contribution in [-0.2, 0) is 11.2 Å². The second-order valence-corrected chi connectivity index (χ2v) is 4.72. The molecule has 5 heteroatoms. The van der Waals surface area contributed by atoms with Crippen LogP contribution in [0.2, 0.25) is 0 Å². The number of carboxylic acids is 1. The topological polar surface area (TPSA) is 69.6 Å². The Kier molecular flexibility index (Phi) is 6.03. The first-order chi connectivity index (χ1) is 9.49. The number of carbonyl (C=O) groups is 2. The minimum absolute atomic E-state index is 0.125. The Labute approximate surface area is 119 Å². The predicted molar refractivity (Wildman–Crippen MR) is 78.9 cm³/mol. The molecular weight excluding hydrogens is 256 g/mol. The number of aryl methyl sites for hydroxylation is 1. The van der Waals surface area contributed by atoms with Crippen LogP contribution in [0.15, 0.2) is 24.3 Å². The van der Waals surface area contributed by atoms with E-state index in [0.29, 0.717) is 6.42 Å². The number of carboxylic acid groups (broad SMARTS) is 1. The van der Waals surface area contributed by atoms with Gasteiger partial charge < -0.3 is 15.3 Å². The number of urea groups is 1. The third-order valence-corrected chi connectivity index (χ3v) is 3.33. The van der Waals surface area contributed by atoms with Crippen molar-refractivity contribution in [2.24, 2.45) is 0 Å². The number of rotatable bonds is 6. The van der Waals surface area contributed by atoms with E-state index in [4.69, 9.17) is 5.11 Å². The molecular formula is C15H22N2O3. The summed E-state index contributed by atoms with van der Waals surface area (Å²) in [6, 6.07) is 7.03. The molecule has 0 saturated carbocycles. The Hall–Kier alpha value is -2.04. The molecule has 0 aliphatic carbocycles. The molecule has 0 saturated heterocycles. The molecule has 1 atom stereocenters. The average Bonchev–Trinajstić information content (AvgIpc) is 2.44. The van der Waals surface area contributed by atoms with E-state index < -0.39 is 5.97 Å². The summed E-state index contributed by atoms with van der Waals surface area (Å²) in [5, 5.41) is 11.7. The van der Waals surface area contributed by atoms with Crippen LogP contribution in [0.5, 0.6) is 0 Å². The van der Waals surface area contributed by atoms with Crippen molar-refractivity contribution in [3.05, 3.63) is 29.8 Å². The molecule has 0 heterocycles. The van der Waals surface area contributed by atoms with Crippen molar-refractivity contribution < 1.29 is 14.7 Å². The van der Waals surface area contributed by atoms with E-state index in [-0.39, 0.29) is 18.6 Å². The van der Waals surface area contributed by atoms with Crippen LogP contribution in [0.3, 0.4) is 0 Å². The molecule has 0 radical (unpaired) electrons. The molecule has 1 rings (SSSR count). The smallest absolute Gasteiger partial charge is 0.323 e. The lowest BCUT2D eigenvalue weighted by molar-refractivity contribution is -0.138. The van der Waals surface area contributed by atoms with Gasteiger partial charge in [0.25, 0.3) is 0 Å². The minimum Gasteiger partial charge on any atom is -0.480 e. The van der Waals surface area contributed by atoms with Gasteiger partial charge in [0.1, 0.15) is 6.54 Å². The Balaban J connectivity index is 2.87. The molecule has 0 bridgehead atoms. The summed E-state index contributed by atoms with van der Waals surface area (Å²) in [6.07, 6.45) is 1.51. The van der Waals surface area contributed by atoms with Crippen LogP contribution in [0, 0.1) is 0 Å². The van der Waals surface area contributed by atoms with Gasteiger partial charge in [0.15, 0.2) is 0 Å². The third kappa shape index (κ3) is 4.26. The first-order valence-corrected chi connectivity index (χ1v) is 6.86. The van der Waals surface area contributed by atoms with E-state index in [1.54, 1.807) is 0 Å². The number of benzene rings is 1. The van der Waals surface area contributed by atoms with Crippen LogP contribution in [0.25, 0.3) is 0 Å². The van der Waals surface area contributed by atoms with Crippen molar-refractivity contribution >= 4 is 17.7 Å². The highest BCUT2D eigenvalue weighted by Gasteiger charge is 2.22. The van der Waals surface area contributed by atoms with Crippen LogP contribution in [0.4, 0.5) is 10.5 Å². The molecule has 1 unspecified atom stereocenters. The van der Waals surface area contributed by atoms with Crippen molar-refractivity contribution in [2.75, 3.05) is 11.9 Å². The maximum absolute atomic E-state index is 12.3. The summed E-state index contributed by atoms with van der Waals surface area (Å²) in [5.74, 6) is -1.01. The first-order valence-electron chi connectivity index (χ1n) is 6.86. The van der Waals surface area contributed by atoms with Gasteiger partial charge >= 0.3 is 12.0 Å². The van der Waals surface area contributed by atoms with E-state index in [1.807, 2.05) is 45.0 Å². The van der Waals surface area contributed by atoms with Crippen molar-refractivity contribution in [1.82, 2.24) is 4.90 Å². The number of amides is 2. The quantitative estimate of drug-likeness (QED) is 0.840. The standard InChI is InChI=1S/C15H22N2O3/c1-4-11(3)17(10-14(18)19)15(20)16-13-9-7-6-8-12(13)5-2/h6-9,11H,4-5,10H2,1-3H3,(H,16,20)(H,18,19). The highest BCUT2D eigenvalue weighted by Crippen LogP contribution is 2.17. The van der Waals surface area contributed by atoms with Crippen LogP contribution in [-0.4, -0.2) is 34.6 Å². The van der Waals surface area contributed by atoms with Crippen molar-refractivity contribution in [3.63, 3.8) is 0 Å². The molecule has 2 amide bonds. The molecule has 20 heavy (non-hydrogen) atoms. The second kappa shape index (κ2) is 7.53. The number of aliphatic carboxylic acids is 1. The lowest BCUT2D eigenvalue weighted by Crippen LogP contribution is -2.44. The summed E-state index contributed by atoms with van der Waals surface area (Å²) in [6.45, 7) is 5.48. The zero-order chi connectivity index (χ0) is 15.1. The van der Waals surface area contributed by atoms with Crippen molar-refractivity contribution in [2.45, 2.75) is 39.7 Å². The maximum Gasteiger partial charge on any atom is 0.323 e. The largest absolute Gasteiger partial charge is 0.480 e. The van der Waals surface area contributed by atoms with Crippen LogP contribution in [0.1, 0.15) is 32.8 Å². The lowest BCUT2D eigenvalue weighted by atomic mass is 10.1. The van der Waals surface area contributed by atoms with Gasteiger partial charge in [-0.3, -0.25) is 4.79 Å². The van der Waals surface area contributed by atoms with Crippen molar-refractivity contribution in [1.29, 1.82) is 0 Å². The van der Waals surface area contributed by atoms with Crippen LogP contribution >= 0.6 is 0 Å². The van der Waals surface area contributed by atoms with Gasteiger partial charge in [-0.05, 0) is 31.4 Å². The summed E-state index contributed by atoms with van der Waals surface area (Å²) >= 11 is 0. The van der Waals surface area contributed by atoms with Gasteiger partial charge in [-0.25, -0.2) is 4.79 Å².